The normalized spacial score (nSPS) is 20.4. The van der Waals surface area contributed by atoms with Gasteiger partial charge in [-0.05, 0) is 31.7 Å². The number of hydrogen-bond acceptors (Lipinski definition) is 3. The van der Waals surface area contributed by atoms with Crippen molar-refractivity contribution in [2.24, 2.45) is 5.92 Å². The predicted octanol–water partition coefficient (Wildman–Crippen LogP) is 1.82. The van der Waals surface area contributed by atoms with Crippen LogP contribution in [0.15, 0.2) is 0 Å². The van der Waals surface area contributed by atoms with Gasteiger partial charge in [-0.25, -0.2) is 0 Å². The number of nitrogens with one attached hydrogen (secondary N) is 1. The Hall–Kier alpha value is -0.120. The van der Waals surface area contributed by atoms with E-state index in [0.717, 1.165) is 58.1 Å². The molecule has 0 bridgehead atoms. The Morgan fingerprint density at radius 2 is 2.07 bits per heavy atom. The first-order chi connectivity index (χ1) is 7.36. The van der Waals surface area contributed by atoms with Gasteiger partial charge in [0.2, 0.25) is 0 Å². The van der Waals surface area contributed by atoms with E-state index in [0.29, 0.717) is 6.10 Å². The quantitative estimate of drug-likeness (QED) is 0.702. The van der Waals surface area contributed by atoms with E-state index in [4.69, 9.17) is 9.47 Å². The monoisotopic (exact) mass is 215 g/mol. The Kier molecular flexibility index (Phi) is 6.98. The molecule has 0 spiro atoms. The summed E-state index contributed by atoms with van der Waals surface area (Å²) >= 11 is 0. The average Bonchev–Trinajstić information content (AvgIpc) is 2.31. The lowest BCUT2D eigenvalue weighted by Crippen LogP contribution is -2.31. The van der Waals surface area contributed by atoms with Gasteiger partial charge in [-0.3, -0.25) is 0 Å². The van der Waals surface area contributed by atoms with Crippen LogP contribution >= 0.6 is 0 Å². The maximum atomic E-state index is 5.91. The molecule has 1 N–H and O–H groups in total. The number of likely N-dealkylation sites (N-methyl/N-ethyl adjacent to an activating group) is 1. The molecule has 0 aliphatic carbocycles. The largest absolute Gasteiger partial charge is 0.381 e. The van der Waals surface area contributed by atoms with Crippen molar-refractivity contribution in [3.63, 3.8) is 0 Å². The summed E-state index contributed by atoms with van der Waals surface area (Å²) in [4.78, 5) is 0. The molecule has 3 nitrogen and oxygen atoms in total. The fraction of sp³-hybridized carbons (Fsp3) is 1.00. The third-order valence-corrected chi connectivity index (χ3v) is 2.99. The van der Waals surface area contributed by atoms with Crippen molar-refractivity contribution < 1.29 is 9.47 Å². The van der Waals surface area contributed by atoms with Gasteiger partial charge in [-0.2, -0.15) is 0 Å². The van der Waals surface area contributed by atoms with Crippen molar-refractivity contribution in [2.45, 2.75) is 39.2 Å². The standard InChI is InChI=1S/C12H25NO2/c1-3-12(9-13-4-2)15-10-11-5-7-14-8-6-11/h11-13H,3-10H2,1-2H3. The van der Waals surface area contributed by atoms with Crippen molar-refractivity contribution in [2.75, 3.05) is 32.9 Å². The van der Waals surface area contributed by atoms with Crippen LogP contribution in [0.2, 0.25) is 0 Å². The molecule has 1 unspecified atom stereocenters. The molecule has 1 heterocycles. The topological polar surface area (TPSA) is 30.5 Å². The fourth-order valence-corrected chi connectivity index (χ4v) is 1.81. The van der Waals surface area contributed by atoms with Crippen molar-refractivity contribution >= 4 is 0 Å². The Morgan fingerprint density at radius 1 is 1.33 bits per heavy atom. The smallest absolute Gasteiger partial charge is 0.0696 e. The second-order valence-electron chi connectivity index (χ2n) is 4.23. The van der Waals surface area contributed by atoms with Gasteiger partial charge in [0.1, 0.15) is 0 Å². The molecule has 0 aromatic carbocycles. The molecule has 1 saturated heterocycles. The summed E-state index contributed by atoms with van der Waals surface area (Å²) in [7, 11) is 0. The second-order valence-corrected chi connectivity index (χ2v) is 4.23. The molecule has 1 aliphatic heterocycles. The van der Waals surface area contributed by atoms with Gasteiger partial charge in [-0.1, -0.05) is 13.8 Å². The van der Waals surface area contributed by atoms with Crippen LogP contribution in [-0.2, 0) is 9.47 Å². The van der Waals surface area contributed by atoms with Crippen LogP contribution in [-0.4, -0.2) is 39.0 Å². The van der Waals surface area contributed by atoms with E-state index in [1.54, 1.807) is 0 Å². The van der Waals surface area contributed by atoms with Gasteiger partial charge in [-0.15, -0.1) is 0 Å². The molecule has 1 aliphatic rings. The van der Waals surface area contributed by atoms with E-state index in [2.05, 4.69) is 19.2 Å². The Labute approximate surface area is 93.5 Å². The van der Waals surface area contributed by atoms with E-state index in [1.165, 1.54) is 0 Å². The van der Waals surface area contributed by atoms with Crippen molar-refractivity contribution in [1.29, 1.82) is 0 Å². The van der Waals surface area contributed by atoms with Gasteiger partial charge >= 0.3 is 0 Å². The third-order valence-electron chi connectivity index (χ3n) is 2.99. The maximum absolute atomic E-state index is 5.91. The zero-order valence-corrected chi connectivity index (χ0v) is 10.1. The van der Waals surface area contributed by atoms with Crippen LogP contribution in [0.5, 0.6) is 0 Å². The van der Waals surface area contributed by atoms with E-state index in [1.807, 2.05) is 0 Å². The van der Waals surface area contributed by atoms with Gasteiger partial charge in [0.15, 0.2) is 0 Å². The number of ether oxygens (including phenoxy) is 2. The first kappa shape index (κ1) is 12.9. The van der Waals surface area contributed by atoms with E-state index < -0.39 is 0 Å². The minimum absolute atomic E-state index is 0.382. The number of rotatable bonds is 7. The summed E-state index contributed by atoms with van der Waals surface area (Å²) in [5.41, 5.74) is 0. The van der Waals surface area contributed by atoms with Crippen molar-refractivity contribution in [3.8, 4) is 0 Å². The lowest BCUT2D eigenvalue weighted by Gasteiger charge is -2.24. The second kappa shape index (κ2) is 8.08. The zero-order chi connectivity index (χ0) is 10.9. The first-order valence-electron chi connectivity index (χ1n) is 6.26. The highest BCUT2D eigenvalue weighted by atomic mass is 16.5. The van der Waals surface area contributed by atoms with Crippen LogP contribution in [0.1, 0.15) is 33.1 Å². The SMILES string of the molecule is CCNCC(CC)OCC1CCOCC1. The highest BCUT2D eigenvalue weighted by Crippen LogP contribution is 2.15. The van der Waals surface area contributed by atoms with Crippen molar-refractivity contribution in [1.82, 2.24) is 5.32 Å². The van der Waals surface area contributed by atoms with E-state index in [9.17, 15) is 0 Å². The van der Waals surface area contributed by atoms with E-state index in [-0.39, 0.29) is 0 Å². The summed E-state index contributed by atoms with van der Waals surface area (Å²) in [6.45, 7) is 9.06. The lowest BCUT2D eigenvalue weighted by atomic mass is 10.0. The van der Waals surface area contributed by atoms with Crippen LogP contribution in [0.3, 0.4) is 0 Å². The molecule has 90 valence electrons. The molecule has 1 rings (SSSR count). The first-order valence-corrected chi connectivity index (χ1v) is 6.26. The summed E-state index contributed by atoms with van der Waals surface area (Å²) in [5.74, 6) is 0.717. The van der Waals surface area contributed by atoms with Crippen molar-refractivity contribution in [3.05, 3.63) is 0 Å². The Balaban J connectivity index is 2.09. The Morgan fingerprint density at radius 3 is 2.67 bits per heavy atom. The van der Waals surface area contributed by atoms with Gasteiger partial charge in [0.25, 0.3) is 0 Å². The molecule has 0 saturated carbocycles. The maximum Gasteiger partial charge on any atom is 0.0696 e. The van der Waals surface area contributed by atoms with E-state index >= 15 is 0 Å². The highest BCUT2D eigenvalue weighted by Gasteiger charge is 2.15. The molecule has 0 amide bonds. The summed E-state index contributed by atoms with van der Waals surface area (Å²) in [6.07, 6.45) is 3.80. The van der Waals surface area contributed by atoms with Gasteiger partial charge in [0, 0.05) is 26.4 Å². The van der Waals surface area contributed by atoms with Gasteiger partial charge in [0.05, 0.1) is 6.10 Å². The molecule has 15 heavy (non-hydrogen) atoms. The molecule has 0 aromatic rings. The molecular formula is C12H25NO2. The zero-order valence-electron chi connectivity index (χ0n) is 10.1. The number of hydrogen-bond donors (Lipinski definition) is 1. The van der Waals surface area contributed by atoms with Crippen LogP contribution in [0.25, 0.3) is 0 Å². The average molecular weight is 215 g/mol. The highest BCUT2D eigenvalue weighted by molar-refractivity contribution is 4.65. The molecular weight excluding hydrogens is 190 g/mol. The molecule has 3 heteroatoms. The minimum atomic E-state index is 0.382. The molecule has 0 radical (unpaired) electrons. The van der Waals surface area contributed by atoms with Gasteiger partial charge < -0.3 is 14.8 Å². The lowest BCUT2D eigenvalue weighted by molar-refractivity contribution is -0.0112. The molecule has 0 aromatic heterocycles. The predicted molar refractivity (Wildman–Crippen MR) is 62.1 cm³/mol. The van der Waals surface area contributed by atoms with Crippen LogP contribution in [0, 0.1) is 5.92 Å². The van der Waals surface area contributed by atoms with Crippen LogP contribution < -0.4 is 5.32 Å². The van der Waals surface area contributed by atoms with Crippen LogP contribution in [0.4, 0.5) is 0 Å². The molecule has 1 fully saturated rings. The summed E-state index contributed by atoms with van der Waals surface area (Å²) in [6, 6.07) is 0. The summed E-state index contributed by atoms with van der Waals surface area (Å²) < 4.78 is 11.2. The molecule has 1 atom stereocenters. The fourth-order valence-electron chi connectivity index (χ4n) is 1.81. The summed E-state index contributed by atoms with van der Waals surface area (Å²) in [5, 5.41) is 3.34. The minimum Gasteiger partial charge on any atom is -0.381 e. The third kappa shape index (κ3) is 5.50. The Bertz CT molecular complexity index is 147.